The lowest BCUT2D eigenvalue weighted by Gasteiger charge is -2.15. The van der Waals surface area contributed by atoms with Crippen LogP contribution in [-0.4, -0.2) is 23.9 Å². The molecule has 0 aliphatic heterocycles. The van der Waals surface area contributed by atoms with E-state index in [0.29, 0.717) is 10.6 Å². The molecule has 24 heavy (non-hydrogen) atoms. The fraction of sp³-hybridized carbons (Fsp3) is 0.167. The minimum Gasteiger partial charge on any atom is -0.312 e. The molecule has 0 bridgehead atoms. The van der Waals surface area contributed by atoms with Crippen molar-refractivity contribution >= 4 is 29.3 Å². The van der Waals surface area contributed by atoms with Crippen molar-refractivity contribution in [3.8, 4) is 12.1 Å². The monoisotopic (exact) mass is 355 g/mol. The quantitative estimate of drug-likeness (QED) is 0.577. The highest BCUT2D eigenvalue weighted by Gasteiger charge is 2.14. The van der Waals surface area contributed by atoms with Crippen molar-refractivity contribution in [2.45, 2.75) is 10.6 Å². The summed E-state index contributed by atoms with van der Waals surface area (Å²) in [6, 6.07) is 18.6. The first kappa shape index (κ1) is 17.9. The average Bonchev–Trinajstić information content (AvgIpc) is 2.61. The molecule has 120 valence electrons. The van der Waals surface area contributed by atoms with Gasteiger partial charge in [-0.15, -0.1) is 11.8 Å². The summed E-state index contributed by atoms with van der Waals surface area (Å²) < 4.78 is 0. The lowest BCUT2D eigenvalue weighted by Crippen LogP contribution is -2.31. The molecule has 4 nitrogen and oxygen atoms in total. The van der Waals surface area contributed by atoms with E-state index in [1.807, 2.05) is 48.5 Å². The van der Waals surface area contributed by atoms with Crippen molar-refractivity contribution in [3.05, 3.63) is 64.7 Å². The zero-order chi connectivity index (χ0) is 17.4. The van der Waals surface area contributed by atoms with E-state index >= 15 is 0 Å². The number of hydrogen-bond acceptors (Lipinski definition) is 4. The normalized spacial score (nSPS) is 9.79. The van der Waals surface area contributed by atoms with Crippen LogP contribution in [0.4, 0.5) is 0 Å². The van der Waals surface area contributed by atoms with Gasteiger partial charge < -0.3 is 4.90 Å². The lowest BCUT2D eigenvalue weighted by molar-refractivity contribution is 0.0794. The first-order valence-corrected chi connectivity index (χ1v) is 8.51. The summed E-state index contributed by atoms with van der Waals surface area (Å²) in [7, 11) is 0. The number of thioether (sulfide) groups is 1. The van der Waals surface area contributed by atoms with Gasteiger partial charge in [0.05, 0.1) is 12.1 Å². The summed E-state index contributed by atoms with van der Waals surface area (Å²) in [4.78, 5) is 14.6. The number of halogens is 1. The molecule has 0 radical (unpaired) electrons. The molecule has 2 aromatic rings. The predicted molar refractivity (Wildman–Crippen MR) is 94.6 cm³/mol. The fourth-order valence-corrected chi connectivity index (χ4v) is 2.97. The van der Waals surface area contributed by atoms with Crippen molar-refractivity contribution in [3.63, 3.8) is 0 Å². The Morgan fingerprint density at radius 3 is 2.12 bits per heavy atom. The third-order valence-corrected chi connectivity index (χ3v) is 4.57. The molecule has 2 aromatic carbocycles. The Balaban J connectivity index is 1.99. The van der Waals surface area contributed by atoms with Gasteiger partial charge in [0.1, 0.15) is 13.1 Å². The van der Waals surface area contributed by atoms with E-state index in [0.717, 1.165) is 16.2 Å². The summed E-state index contributed by atoms with van der Waals surface area (Å²) in [6.45, 7) is -0.193. The smallest absolute Gasteiger partial charge is 0.255 e. The minimum atomic E-state index is -0.310. The Morgan fingerprint density at radius 1 is 1.00 bits per heavy atom. The van der Waals surface area contributed by atoms with E-state index in [-0.39, 0.29) is 19.0 Å². The minimum absolute atomic E-state index is 0.0967. The van der Waals surface area contributed by atoms with Gasteiger partial charge in [-0.2, -0.15) is 10.5 Å². The summed E-state index contributed by atoms with van der Waals surface area (Å²) in [5.41, 5.74) is 1.55. The molecule has 0 aliphatic rings. The zero-order valence-corrected chi connectivity index (χ0v) is 14.3. The van der Waals surface area contributed by atoms with Crippen LogP contribution in [0, 0.1) is 22.7 Å². The van der Waals surface area contributed by atoms with Crippen LogP contribution in [-0.2, 0) is 5.75 Å². The second-order valence-electron chi connectivity index (χ2n) is 4.92. The van der Waals surface area contributed by atoms with Crippen LogP contribution in [0.3, 0.4) is 0 Å². The van der Waals surface area contributed by atoms with Gasteiger partial charge in [0.15, 0.2) is 0 Å². The van der Waals surface area contributed by atoms with Crippen LogP contribution in [0.25, 0.3) is 0 Å². The first-order chi connectivity index (χ1) is 11.6. The number of benzene rings is 2. The highest BCUT2D eigenvalue weighted by molar-refractivity contribution is 7.98. The number of nitriles is 2. The maximum absolute atomic E-state index is 12.3. The Hall–Kier alpha value is -2.47. The molecule has 2 rings (SSSR count). The van der Waals surface area contributed by atoms with Gasteiger partial charge in [-0.05, 0) is 42.0 Å². The van der Waals surface area contributed by atoms with Crippen LogP contribution in [0.5, 0.6) is 0 Å². The topological polar surface area (TPSA) is 67.9 Å². The number of nitrogens with zero attached hydrogens (tertiary/aromatic N) is 3. The molecule has 0 N–H and O–H groups in total. The molecule has 0 saturated heterocycles. The molecular formula is C18H14ClN3OS. The highest BCUT2D eigenvalue weighted by Crippen LogP contribution is 2.24. The summed E-state index contributed by atoms with van der Waals surface area (Å²) in [5, 5.41) is 18.2. The van der Waals surface area contributed by atoms with E-state index < -0.39 is 0 Å². The van der Waals surface area contributed by atoms with Crippen molar-refractivity contribution in [2.24, 2.45) is 0 Å². The highest BCUT2D eigenvalue weighted by atomic mass is 35.5. The summed E-state index contributed by atoms with van der Waals surface area (Å²) in [6.07, 6.45) is 0. The summed E-state index contributed by atoms with van der Waals surface area (Å²) >= 11 is 7.54. The standard InChI is InChI=1S/C18H14ClN3OS/c19-16-5-7-17(8-6-16)24-13-14-1-3-15(4-2-14)18(23)22(11-9-20)12-10-21/h1-8H,11-13H2. The molecule has 0 fully saturated rings. The maximum atomic E-state index is 12.3. The third-order valence-electron chi connectivity index (χ3n) is 3.23. The lowest BCUT2D eigenvalue weighted by atomic mass is 10.1. The number of hydrogen-bond donors (Lipinski definition) is 0. The second-order valence-corrected chi connectivity index (χ2v) is 6.40. The van der Waals surface area contributed by atoms with E-state index in [9.17, 15) is 4.79 Å². The number of rotatable bonds is 6. The van der Waals surface area contributed by atoms with E-state index in [2.05, 4.69) is 0 Å². The van der Waals surface area contributed by atoms with Crippen molar-refractivity contribution in [1.29, 1.82) is 10.5 Å². The second kappa shape index (κ2) is 8.98. The van der Waals surface area contributed by atoms with Gasteiger partial charge in [-0.1, -0.05) is 23.7 Å². The van der Waals surface area contributed by atoms with Gasteiger partial charge in [0, 0.05) is 21.2 Å². The molecular weight excluding hydrogens is 342 g/mol. The van der Waals surface area contributed by atoms with E-state index in [4.69, 9.17) is 22.1 Å². The van der Waals surface area contributed by atoms with Crippen LogP contribution >= 0.6 is 23.4 Å². The van der Waals surface area contributed by atoms with Gasteiger partial charge in [-0.3, -0.25) is 4.79 Å². The molecule has 0 saturated carbocycles. The van der Waals surface area contributed by atoms with Gasteiger partial charge in [0.25, 0.3) is 5.91 Å². The molecule has 0 spiro atoms. The molecule has 0 atom stereocenters. The molecule has 0 aliphatic carbocycles. The molecule has 1 amide bonds. The molecule has 0 heterocycles. The van der Waals surface area contributed by atoms with Crippen molar-refractivity contribution in [2.75, 3.05) is 13.1 Å². The summed E-state index contributed by atoms with van der Waals surface area (Å²) in [5.74, 6) is 0.464. The van der Waals surface area contributed by atoms with E-state index in [1.54, 1.807) is 23.9 Å². The van der Waals surface area contributed by atoms with Crippen LogP contribution < -0.4 is 0 Å². The molecule has 0 unspecified atom stereocenters. The van der Waals surface area contributed by atoms with Gasteiger partial charge >= 0.3 is 0 Å². The average molecular weight is 356 g/mol. The van der Waals surface area contributed by atoms with Crippen LogP contribution in [0.15, 0.2) is 53.4 Å². The predicted octanol–water partition coefficient (Wildman–Crippen LogP) is 4.12. The van der Waals surface area contributed by atoms with Crippen LogP contribution in [0.1, 0.15) is 15.9 Å². The Bertz CT molecular complexity index is 760. The van der Waals surface area contributed by atoms with E-state index in [1.165, 1.54) is 4.90 Å². The number of carbonyl (C=O) groups is 1. The number of carbonyl (C=O) groups excluding carboxylic acids is 1. The van der Waals surface area contributed by atoms with Crippen molar-refractivity contribution in [1.82, 2.24) is 4.90 Å². The van der Waals surface area contributed by atoms with Gasteiger partial charge in [0.2, 0.25) is 0 Å². The molecule has 6 heteroatoms. The Kier molecular flexibility index (Phi) is 6.69. The van der Waals surface area contributed by atoms with Gasteiger partial charge in [-0.25, -0.2) is 0 Å². The maximum Gasteiger partial charge on any atom is 0.255 e. The third kappa shape index (κ3) is 5.03. The SMILES string of the molecule is N#CCN(CC#N)C(=O)c1ccc(CSc2ccc(Cl)cc2)cc1. The Morgan fingerprint density at radius 2 is 1.58 bits per heavy atom. The van der Waals surface area contributed by atoms with Crippen LogP contribution in [0.2, 0.25) is 5.02 Å². The zero-order valence-electron chi connectivity index (χ0n) is 12.8. The van der Waals surface area contributed by atoms with Crippen molar-refractivity contribution < 1.29 is 4.79 Å². The fourth-order valence-electron chi connectivity index (χ4n) is 1.99. The Labute approximate surface area is 150 Å². The number of amides is 1. The largest absolute Gasteiger partial charge is 0.312 e. The molecule has 0 aromatic heterocycles. The first-order valence-electron chi connectivity index (χ1n) is 7.14.